The first-order chi connectivity index (χ1) is 9.60. The Morgan fingerprint density at radius 2 is 2.25 bits per heavy atom. The first kappa shape index (κ1) is 15.1. The van der Waals surface area contributed by atoms with Crippen molar-refractivity contribution in [1.29, 1.82) is 0 Å². The number of nitrogens with two attached hydrogens (primary N) is 1. The average molecular weight is 278 g/mol. The molecule has 0 amide bonds. The highest BCUT2D eigenvalue weighted by Gasteiger charge is 2.26. The fourth-order valence-corrected chi connectivity index (χ4v) is 2.77. The Balaban J connectivity index is 2.00. The van der Waals surface area contributed by atoms with Crippen LogP contribution < -0.4 is 10.5 Å². The molecule has 1 aromatic carbocycles. The molecule has 2 unspecified atom stereocenters. The van der Waals surface area contributed by atoms with Crippen molar-refractivity contribution >= 4 is 5.69 Å². The van der Waals surface area contributed by atoms with Gasteiger partial charge in [0.1, 0.15) is 5.75 Å². The third-order valence-corrected chi connectivity index (χ3v) is 3.93. The Kier molecular flexibility index (Phi) is 5.26. The number of rotatable bonds is 5. The van der Waals surface area contributed by atoms with Gasteiger partial charge in [-0.2, -0.15) is 0 Å². The summed E-state index contributed by atoms with van der Waals surface area (Å²) in [6.45, 7) is 4.68. The predicted octanol–water partition coefficient (Wildman–Crippen LogP) is 1.91. The number of anilines is 1. The maximum Gasteiger partial charge on any atom is 0.142 e. The molecular formula is C16H26N2O2. The van der Waals surface area contributed by atoms with Crippen molar-refractivity contribution < 1.29 is 9.84 Å². The van der Waals surface area contributed by atoms with Crippen molar-refractivity contribution in [2.45, 2.75) is 32.3 Å². The van der Waals surface area contributed by atoms with E-state index in [1.54, 1.807) is 0 Å². The number of hydrogen-bond donors (Lipinski definition) is 2. The van der Waals surface area contributed by atoms with Crippen molar-refractivity contribution in [2.75, 3.05) is 32.5 Å². The largest absolute Gasteiger partial charge is 0.491 e. The van der Waals surface area contributed by atoms with Gasteiger partial charge in [-0.15, -0.1) is 0 Å². The monoisotopic (exact) mass is 278 g/mol. The molecule has 112 valence electrons. The Labute approximate surface area is 121 Å². The normalized spacial score (nSPS) is 23.8. The minimum Gasteiger partial charge on any atom is -0.491 e. The molecule has 1 aromatic rings. The molecule has 1 fully saturated rings. The highest BCUT2D eigenvalue weighted by atomic mass is 16.5. The molecule has 0 spiro atoms. The maximum absolute atomic E-state index is 10.1. The fraction of sp³-hybridized carbons (Fsp3) is 0.625. The number of likely N-dealkylation sites (tertiary alicyclic amines) is 1. The molecule has 4 nitrogen and oxygen atoms in total. The molecule has 0 saturated carbocycles. The Hall–Kier alpha value is -1.26. The minimum atomic E-state index is -0.205. The molecule has 1 heterocycles. The third kappa shape index (κ3) is 3.87. The van der Waals surface area contributed by atoms with Crippen LogP contribution in [0.3, 0.4) is 0 Å². The first-order valence-corrected chi connectivity index (χ1v) is 7.48. The lowest BCUT2D eigenvalue weighted by molar-refractivity contribution is 0.0366. The molecule has 20 heavy (non-hydrogen) atoms. The van der Waals surface area contributed by atoms with Gasteiger partial charge < -0.3 is 20.5 Å². The molecule has 1 saturated heterocycles. The average Bonchev–Trinajstić information content (AvgIpc) is 2.42. The van der Waals surface area contributed by atoms with E-state index < -0.39 is 0 Å². The van der Waals surface area contributed by atoms with Gasteiger partial charge in [-0.3, -0.25) is 0 Å². The molecule has 0 radical (unpaired) electrons. The van der Waals surface area contributed by atoms with Gasteiger partial charge in [0.05, 0.1) is 18.4 Å². The van der Waals surface area contributed by atoms with Crippen molar-refractivity contribution in [3.05, 3.63) is 23.8 Å². The lowest BCUT2D eigenvalue weighted by Crippen LogP contribution is -2.41. The van der Waals surface area contributed by atoms with E-state index in [0.29, 0.717) is 12.3 Å². The van der Waals surface area contributed by atoms with Crippen LogP contribution in [-0.4, -0.2) is 42.9 Å². The first-order valence-electron chi connectivity index (χ1n) is 7.48. The minimum absolute atomic E-state index is 0.205. The second-order valence-electron chi connectivity index (χ2n) is 5.80. The van der Waals surface area contributed by atoms with E-state index in [1.165, 1.54) is 5.56 Å². The molecule has 4 heteroatoms. The van der Waals surface area contributed by atoms with Crippen LogP contribution in [0.4, 0.5) is 5.69 Å². The summed E-state index contributed by atoms with van der Waals surface area (Å²) in [6, 6.07) is 5.98. The van der Waals surface area contributed by atoms with E-state index in [2.05, 4.69) is 24.9 Å². The highest BCUT2D eigenvalue weighted by Crippen LogP contribution is 2.26. The topological polar surface area (TPSA) is 58.7 Å². The summed E-state index contributed by atoms with van der Waals surface area (Å²) in [7, 11) is 2.11. The number of piperidine rings is 1. The summed E-state index contributed by atoms with van der Waals surface area (Å²) in [5.41, 5.74) is 7.89. The number of nitrogens with zero attached hydrogens (tertiary/aromatic N) is 1. The lowest BCUT2D eigenvalue weighted by atomic mass is 9.89. The Morgan fingerprint density at radius 1 is 1.45 bits per heavy atom. The van der Waals surface area contributed by atoms with Gasteiger partial charge in [-0.1, -0.05) is 13.0 Å². The van der Waals surface area contributed by atoms with E-state index in [0.717, 1.165) is 38.1 Å². The van der Waals surface area contributed by atoms with Crippen LogP contribution in [-0.2, 0) is 6.42 Å². The molecular weight excluding hydrogens is 252 g/mol. The number of nitrogen functional groups attached to an aromatic ring is 1. The van der Waals surface area contributed by atoms with Gasteiger partial charge in [0.15, 0.2) is 0 Å². The van der Waals surface area contributed by atoms with Crippen LogP contribution in [0.2, 0.25) is 0 Å². The van der Waals surface area contributed by atoms with Crippen LogP contribution in [0.15, 0.2) is 18.2 Å². The SMILES string of the molecule is CCCOc1ccc(CC2CN(C)CCC2O)cc1N. The molecule has 0 bridgehead atoms. The van der Waals surface area contributed by atoms with Crippen LogP contribution in [0.5, 0.6) is 5.75 Å². The number of aliphatic hydroxyl groups is 1. The van der Waals surface area contributed by atoms with Crippen LogP contribution in [0.1, 0.15) is 25.3 Å². The van der Waals surface area contributed by atoms with Crippen molar-refractivity contribution in [3.63, 3.8) is 0 Å². The van der Waals surface area contributed by atoms with Gasteiger partial charge in [0.25, 0.3) is 0 Å². The zero-order valence-corrected chi connectivity index (χ0v) is 12.5. The lowest BCUT2D eigenvalue weighted by Gasteiger charge is -2.34. The zero-order valence-electron chi connectivity index (χ0n) is 12.5. The molecule has 3 N–H and O–H groups in total. The van der Waals surface area contributed by atoms with Gasteiger partial charge in [0.2, 0.25) is 0 Å². The van der Waals surface area contributed by atoms with Gasteiger partial charge in [-0.25, -0.2) is 0 Å². The van der Waals surface area contributed by atoms with E-state index >= 15 is 0 Å². The highest BCUT2D eigenvalue weighted by molar-refractivity contribution is 5.54. The van der Waals surface area contributed by atoms with Crippen LogP contribution in [0.25, 0.3) is 0 Å². The standard InChI is InChI=1S/C16H26N2O2/c1-3-8-20-16-5-4-12(10-14(16)17)9-13-11-18(2)7-6-15(13)19/h4-5,10,13,15,19H,3,6-9,11,17H2,1-2H3. The van der Waals surface area contributed by atoms with E-state index in [4.69, 9.17) is 10.5 Å². The maximum atomic E-state index is 10.1. The summed E-state index contributed by atoms with van der Waals surface area (Å²) in [5.74, 6) is 1.05. The Morgan fingerprint density at radius 3 is 2.95 bits per heavy atom. The van der Waals surface area contributed by atoms with Crippen molar-refractivity contribution in [3.8, 4) is 5.75 Å². The summed E-state index contributed by atoms with van der Waals surface area (Å²) in [5, 5.41) is 10.1. The second kappa shape index (κ2) is 6.95. The van der Waals surface area contributed by atoms with Crippen LogP contribution in [0, 0.1) is 5.92 Å². The summed E-state index contributed by atoms with van der Waals surface area (Å²) in [6.07, 6.45) is 2.49. The van der Waals surface area contributed by atoms with Gasteiger partial charge in [-0.05, 0) is 44.0 Å². The molecule has 2 rings (SSSR count). The number of hydrogen-bond acceptors (Lipinski definition) is 4. The molecule has 1 aliphatic heterocycles. The Bertz CT molecular complexity index is 436. The smallest absolute Gasteiger partial charge is 0.142 e. The zero-order chi connectivity index (χ0) is 14.5. The van der Waals surface area contributed by atoms with Crippen molar-refractivity contribution in [2.24, 2.45) is 5.92 Å². The van der Waals surface area contributed by atoms with Crippen LogP contribution >= 0.6 is 0 Å². The second-order valence-corrected chi connectivity index (χ2v) is 5.80. The number of benzene rings is 1. The fourth-order valence-electron chi connectivity index (χ4n) is 2.77. The number of ether oxygens (including phenoxy) is 1. The summed E-state index contributed by atoms with van der Waals surface area (Å²) in [4.78, 5) is 2.28. The van der Waals surface area contributed by atoms with E-state index in [1.807, 2.05) is 12.1 Å². The van der Waals surface area contributed by atoms with Gasteiger partial charge >= 0.3 is 0 Å². The number of aliphatic hydroxyl groups excluding tert-OH is 1. The van der Waals surface area contributed by atoms with Gasteiger partial charge in [0, 0.05) is 19.0 Å². The molecule has 0 aromatic heterocycles. The molecule has 0 aliphatic carbocycles. The predicted molar refractivity (Wildman–Crippen MR) is 82.0 cm³/mol. The summed E-state index contributed by atoms with van der Waals surface area (Å²) < 4.78 is 5.59. The van der Waals surface area contributed by atoms with Crippen molar-refractivity contribution in [1.82, 2.24) is 4.90 Å². The third-order valence-electron chi connectivity index (χ3n) is 3.93. The quantitative estimate of drug-likeness (QED) is 0.808. The van der Waals surface area contributed by atoms with E-state index in [9.17, 15) is 5.11 Å². The van der Waals surface area contributed by atoms with E-state index in [-0.39, 0.29) is 12.0 Å². The summed E-state index contributed by atoms with van der Waals surface area (Å²) >= 11 is 0. The molecule has 1 aliphatic rings. The molecule has 2 atom stereocenters.